The summed E-state index contributed by atoms with van der Waals surface area (Å²) >= 11 is 0. The highest BCUT2D eigenvalue weighted by atomic mass is 16.5. The molecule has 1 aromatic rings. The molecule has 2 nitrogen and oxygen atoms in total. The SMILES string of the molecule is [2H]c1cc([2H])c(OC)c([2H])c1O. The van der Waals surface area contributed by atoms with Gasteiger partial charge in [0, 0.05) is 6.04 Å². The zero-order valence-electron chi connectivity index (χ0n) is 7.93. The number of phenols is 1. The maximum Gasteiger partial charge on any atom is 0.122 e. The van der Waals surface area contributed by atoms with Crippen LogP contribution in [0.2, 0.25) is 0 Å². The predicted molar refractivity (Wildman–Crippen MR) is 34.7 cm³/mol. The second-order valence-corrected chi connectivity index (χ2v) is 1.44. The number of phenolic OH excluding ortho intramolecular Hbond substituents is 1. The van der Waals surface area contributed by atoms with Gasteiger partial charge in [0.15, 0.2) is 0 Å². The number of hydrogen-bond donors (Lipinski definition) is 1. The zero-order chi connectivity index (χ0) is 9.30. The summed E-state index contributed by atoms with van der Waals surface area (Å²) in [7, 11) is 1.31. The van der Waals surface area contributed by atoms with Crippen molar-refractivity contribution in [1.29, 1.82) is 0 Å². The van der Waals surface area contributed by atoms with Crippen LogP contribution in [0, 0.1) is 0 Å². The minimum atomic E-state index is -0.456. The largest absolute Gasteiger partial charge is 0.508 e. The molecule has 0 aliphatic heterocycles. The number of aromatic hydroxyl groups is 1. The molecule has 0 amide bonds. The number of rotatable bonds is 1. The highest BCUT2D eigenvalue weighted by molar-refractivity contribution is 5.31. The maximum atomic E-state index is 9.10. The van der Waals surface area contributed by atoms with Crippen LogP contribution in [0.25, 0.3) is 0 Å². The molecule has 0 saturated heterocycles. The molecule has 0 unspecified atom stereocenters. The number of methoxy groups -OCH3 is 1. The third-order valence-electron chi connectivity index (χ3n) is 0.848. The molecule has 48 valence electrons. The summed E-state index contributed by atoms with van der Waals surface area (Å²) in [6.45, 7) is 0. The van der Waals surface area contributed by atoms with E-state index in [-0.39, 0.29) is 23.9 Å². The minimum Gasteiger partial charge on any atom is -0.508 e. The monoisotopic (exact) mass is 127 g/mol. The van der Waals surface area contributed by atoms with Crippen molar-refractivity contribution < 1.29 is 14.0 Å². The van der Waals surface area contributed by atoms with E-state index >= 15 is 0 Å². The van der Waals surface area contributed by atoms with Crippen molar-refractivity contribution >= 4 is 0 Å². The molecule has 0 radical (unpaired) electrons. The van der Waals surface area contributed by atoms with Crippen molar-refractivity contribution in [3.8, 4) is 11.5 Å². The van der Waals surface area contributed by atoms with Crippen LogP contribution >= 0.6 is 0 Å². The van der Waals surface area contributed by atoms with Gasteiger partial charge in [-0.3, -0.25) is 0 Å². The van der Waals surface area contributed by atoms with Gasteiger partial charge in [0.1, 0.15) is 11.5 Å². The van der Waals surface area contributed by atoms with Crippen molar-refractivity contribution in [2.45, 2.75) is 0 Å². The van der Waals surface area contributed by atoms with E-state index in [1.54, 1.807) is 0 Å². The fraction of sp³-hybridized carbons (Fsp3) is 0.143. The number of benzene rings is 1. The van der Waals surface area contributed by atoms with Gasteiger partial charge in [0.2, 0.25) is 0 Å². The van der Waals surface area contributed by atoms with E-state index in [1.165, 1.54) is 7.11 Å². The summed E-state index contributed by atoms with van der Waals surface area (Å²) in [6, 6.07) is 0.526. The Morgan fingerprint density at radius 1 is 1.67 bits per heavy atom. The van der Waals surface area contributed by atoms with Crippen LogP contribution in [-0.2, 0) is 0 Å². The molecular formula is C7H8O2. The van der Waals surface area contributed by atoms with E-state index in [9.17, 15) is 0 Å². The van der Waals surface area contributed by atoms with Crippen LogP contribution in [-0.4, -0.2) is 12.2 Å². The molecule has 1 rings (SSSR count). The Balaban J connectivity index is 3.40. The molecular weight excluding hydrogens is 116 g/mol. The van der Waals surface area contributed by atoms with E-state index in [2.05, 4.69) is 0 Å². The third-order valence-corrected chi connectivity index (χ3v) is 0.848. The molecule has 0 spiro atoms. The van der Waals surface area contributed by atoms with Crippen LogP contribution in [0.1, 0.15) is 4.11 Å². The van der Waals surface area contributed by atoms with Gasteiger partial charge >= 0.3 is 0 Å². The molecule has 1 aromatic carbocycles. The Bertz CT molecular complexity index is 312. The van der Waals surface area contributed by atoms with Gasteiger partial charge in [0.05, 0.1) is 11.2 Å². The summed E-state index contributed by atoms with van der Waals surface area (Å²) in [6.07, 6.45) is 0. The van der Waals surface area contributed by atoms with Crippen LogP contribution in [0.4, 0.5) is 0 Å². The second kappa shape index (κ2) is 2.40. The normalized spacial score (nSPS) is 13.7. The second-order valence-electron chi connectivity index (χ2n) is 1.44. The summed E-state index contributed by atoms with van der Waals surface area (Å²) in [4.78, 5) is 0. The fourth-order valence-corrected chi connectivity index (χ4v) is 0.460. The summed E-state index contributed by atoms with van der Waals surface area (Å²) in [5.41, 5.74) is 0. The van der Waals surface area contributed by atoms with Crippen LogP contribution in [0.5, 0.6) is 11.5 Å². The highest BCUT2D eigenvalue weighted by Gasteiger charge is 1.88. The molecule has 9 heavy (non-hydrogen) atoms. The van der Waals surface area contributed by atoms with Gasteiger partial charge < -0.3 is 9.84 Å². The third kappa shape index (κ3) is 1.35. The average Bonchev–Trinajstić information content (AvgIpc) is 2.01. The maximum absolute atomic E-state index is 9.10. The Kier molecular flexibility index (Phi) is 0.827. The van der Waals surface area contributed by atoms with Crippen molar-refractivity contribution in [1.82, 2.24) is 0 Å². The Labute approximate surface area is 57.9 Å². The lowest BCUT2D eigenvalue weighted by Gasteiger charge is -1.97. The van der Waals surface area contributed by atoms with E-state index in [0.717, 1.165) is 6.07 Å². The lowest BCUT2D eigenvalue weighted by Crippen LogP contribution is -1.79. The van der Waals surface area contributed by atoms with Crippen LogP contribution in [0.15, 0.2) is 24.2 Å². The van der Waals surface area contributed by atoms with Crippen molar-refractivity contribution in [3.05, 3.63) is 24.2 Å². The van der Waals surface area contributed by atoms with Gasteiger partial charge in [-0.15, -0.1) is 0 Å². The summed E-state index contributed by atoms with van der Waals surface area (Å²) in [5.74, 6) is -0.466. The molecule has 0 aromatic heterocycles. The van der Waals surface area contributed by atoms with Gasteiger partial charge in [-0.1, -0.05) is 6.07 Å². The number of hydrogen-bond acceptors (Lipinski definition) is 2. The van der Waals surface area contributed by atoms with Crippen LogP contribution in [0.3, 0.4) is 0 Å². The zero-order valence-corrected chi connectivity index (χ0v) is 4.93. The first kappa shape index (κ1) is 3.11. The Morgan fingerprint density at radius 2 is 2.44 bits per heavy atom. The minimum absolute atomic E-state index is 0.0106. The number of ether oxygens (including phenoxy) is 1. The first-order chi connectivity index (χ1) is 5.57. The molecule has 0 saturated carbocycles. The molecule has 1 N–H and O–H groups in total. The smallest absolute Gasteiger partial charge is 0.122 e. The molecule has 0 aliphatic rings. The lowest BCUT2D eigenvalue weighted by atomic mass is 10.3. The fourth-order valence-electron chi connectivity index (χ4n) is 0.460. The predicted octanol–water partition coefficient (Wildman–Crippen LogP) is 1.40. The van der Waals surface area contributed by atoms with Crippen molar-refractivity contribution in [3.63, 3.8) is 0 Å². The first-order valence-corrected chi connectivity index (χ1v) is 2.41. The molecule has 2 heteroatoms. The van der Waals surface area contributed by atoms with Gasteiger partial charge in [-0.05, 0) is 12.1 Å². The molecule has 0 fully saturated rings. The Hall–Kier alpha value is -1.18. The van der Waals surface area contributed by atoms with E-state index in [4.69, 9.17) is 14.0 Å². The lowest BCUT2D eigenvalue weighted by molar-refractivity contribution is 0.407. The highest BCUT2D eigenvalue weighted by Crippen LogP contribution is 2.16. The summed E-state index contributed by atoms with van der Waals surface area (Å²) in [5, 5.41) is 9.10. The van der Waals surface area contributed by atoms with Crippen molar-refractivity contribution in [2.75, 3.05) is 7.11 Å². The molecule has 0 atom stereocenters. The average molecular weight is 127 g/mol. The Morgan fingerprint density at radius 3 is 3.11 bits per heavy atom. The molecule has 0 heterocycles. The van der Waals surface area contributed by atoms with Gasteiger partial charge in [-0.2, -0.15) is 0 Å². The van der Waals surface area contributed by atoms with Crippen molar-refractivity contribution in [2.24, 2.45) is 0 Å². The molecule has 0 bridgehead atoms. The van der Waals surface area contributed by atoms with E-state index < -0.39 is 5.75 Å². The molecule has 0 aliphatic carbocycles. The first-order valence-electron chi connectivity index (χ1n) is 3.91. The quantitative estimate of drug-likeness (QED) is 0.617. The van der Waals surface area contributed by atoms with E-state index in [0.29, 0.717) is 0 Å². The standard InChI is InChI=1S/C7H8O2/c1-9-7-4-2-3-6(8)5-7/h2-5,8H,1H3/i3D,4D,5D. The van der Waals surface area contributed by atoms with Gasteiger partial charge in [0.25, 0.3) is 0 Å². The van der Waals surface area contributed by atoms with Gasteiger partial charge in [-0.25, -0.2) is 0 Å². The summed E-state index contributed by atoms with van der Waals surface area (Å²) < 4.78 is 26.4. The van der Waals surface area contributed by atoms with E-state index in [1.807, 2.05) is 0 Å². The van der Waals surface area contributed by atoms with Crippen LogP contribution < -0.4 is 4.74 Å². The topological polar surface area (TPSA) is 29.5 Å².